The normalized spacial score (nSPS) is 19.2. The van der Waals surface area contributed by atoms with E-state index in [9.17, 15) is 4.79 Å². The van der Waals surface area contributed by atoms with Gasteiger partial charge in [-0.1, -0.05) is 12.1 Å². The van der Waals surface area contributed by atoms with Gasteiger partial charge in [0.2, 0.25) is 0 Å². The molecule has 2 aliphatic rings. The fourth-order valence-electron chi connectivity index (χ4n) is 4.14. The van der Waals surface area contributed by atoms with Gasteiger partial charge in [0.05, 0.1) is 12.3 Å². The van der Waals surface area contributed by atoms with E-state index in [4.69, 9.17) is 9.47 Å². The van der Waals surface area contributed by atoms with E-state index in [-0.39, 0.29) is 12.1 Å². The molecule has 0 bridgehead atoms. The minimum Gasteiger partial charge on any atom is -0.443 e. The number of aliphatic imine (C=N–C) groups is 1. The van der Waals surface area contributed by atoms with Gasteiger partial charge >= 0.3 is 6.09 Å². The van der Waals surface area contributed by atoms with Crippen LogP contribution in [0.25, 0.3) is 0 Å². The van der Waals surface area contributed by atoms with Crippen molar-refractivity contribution in [2.75, 3.05) is 38.3 Å². The molecular weight excluding hydrogens is 404 g/mol. The second-order valence-electron chi connectivity index (χ2n) is 9.86. The molecule has 1 saturated carbocycles. The van der Waals surface area contributed by atoms with Gasteiger partial charge in [0.25, 0.3) is 0 Å². The van der Waals surface area contributed by atoms with Crippen LogP contribution in [0.15, 0.2) is 23.2 Å². The van der Waals surface area contributed by atoms with E-state index in [2.05, 4.69) is 34.3 Å². The van der Waals surface area contributed by atoms with Crippen LogP contribution in [-0.2, 0) is 16.0 Å². The number of carbonyl (C=O) groups excluding carboxylic acids is 1. The lowest BCUT2D eigenvalue weighted by atomic mass is 10.1. The SMILES string of the molecule is CCOCC1CCN(C(=NC)NCc2ccc(N(C(=O)OC(C)(C)C)C3CC3)c(C)c2)C1. The molecule has 0 radical (unpaired) electrons. The summed E-state index contributed by atoms with van der Waals surface area (Å²) in [6, 6.07) is 6.53. The van der Waals surface area contributed by atoms with E-state index < -0.39 is 5.60 Å². The molecule has 1 atom stereocenters. The first-order chi connectivity index (χ1) is 15.2. The highest BCUT2D eigenvalue weighted by atomic mass is 16.6. The summed E-state index contributed by atoms with van der Waals surface area (Å²) in [5.74, 6) is 1.50. The summed E-state index contributed by atoms with van der Waals surface area (Å²) in [6.07, 6.45) is 2.93. The Labute approximate surface area is 193 Å². The molecule has 1 unspecified atom stereocenters. The Balaban J connectivity index is 1.61. The van der Waals surface area contributed by atoms with Gasteiger partial charge in [-0.05, 0) is 71.1 Å². The average molecular weight is 445 g/mol. The third-order valence-corrected chi connectivity index (χ3v) is 5.83. The molecule has 178 valence electrons. The number of nitrogens with zero attached hydrogens (tertiary/aromatic N) is 3. The number of carbonyl (C=O) groups is 1. The lowest BCUT2D eigenvalue weighted by Gasteiger charge is -2.28. The fraction of sp³-hybridized carbons (Fsp3) is 0.680. The van der Waals surface area contributed by atoms with E-state index in [1.165, 1.54) is 0 Å². The second-order valence-corrected chi connectivity index (χ2v) is 9.86. The third-order valence-electron chi connectivity index (χ3n) is 5.83. The monoisotopic (exact) mass is 444 g/mol. The van der Waals surface area contributed by atoms with Gasteiger partial charge < -0.3 is 19.7 Å². The van der Waals surface area contributed by atoms with Crippen molar-refractivity contribution < 1.29 is 14.3 Å². The third kappa shape index (κ3) is 6.61. The van der Waals surface area contributed by atoms with Crippen molar-refractivity contribution in [2.24, 2.45) is 10.9 Å². The summed E-state index contributed by atoms with van der Waals surface area (Å²) in [5, 5.41) is 3.50. The van der Waals surface area contributed by atoms with Crippen LogP contribution in [0, 0.1) is 12.8 Å². The maximum atomic E-state index is 12.8. The Hall–Kier alpha value is -2.28. The van der Waals surface area contributed by atoms with E-state index >= 15 is 0 Å². The first kappa shape index (κ1) is 24.4. The zero-order chi connectivity index (χ0) is 23.3. The molecule has 1 aromatic carbocycles. The zero-order valence-electron chi connectivity index (χ0n) is 20.6. The summed E-state index contributed by atoms with van der Waals surface area (Å²) >= 11 is 0. The summed E-state index contributed by atoms with van der Waals surface area (Å²) in [4.78, 5) is 21.5. The van der Waals surface area contributed by atoms with Crippen LogP contribution in [0.4, 0.5) is 10.5 Å². The Bertz CT molecular complexity index is 814. The summed E-state index contributed by atoms with van der Waals surface area (Å²) in [5.41, 5.74) is 2.68. The number of hydrogen-bond acceptors (Lipinski definition) is 4. The molecule has 32 heavy (non-hydrogen) atoms. The van der Waals surface area contributed by atoms with Crippen molar-refractivity contribution in [1.29, 1.82) is 0 Å². The Morgan fingerprint density at radius 3 is 2.62 bits per heavy atom. The lowest BCUT2D eigenvalue weighted by molar-refractivity contribution is 0.0577. The van der Waals surface area contributed by atoms with Crippen LogP contribution in [0.2, 0.25) is 0 Å². The Kier molecular flexibility index (Phi) is 8.04. The molecule has 1 heterocycles. The van der Waals surface area contributed by atoms with Crippen LogP contribution >= 0.6 is 0 Å². The Morgan fingerprint density at radius 2 is 2.03 bits per heavy atom. The number of anilines is 1. The highest BCUT2D eigenvalue weighted by molar-refractivity contribution is 5.90. The molecule has 1 aliphatic heterocycles. The largest absolute Gasteiger partial charge is 0.443 e. The molecule has 3 rings (SSSR count). The summed E-state index contributed by atoms with van der Waals surface area (Å²) < 4.78 is 11.3. The molecule has 1 amide bonds. The summed E-state index contributed by atoms with van der Waals surface area (Å²) in [7, 11) is 1.83. The van der Waals surface area contributed by atoms with E-state index in [0.29, 0.717) is 12.5 Å². The van der Waals surface area contributed by atoms with Gasteiger partial charge in [-0.3, -0.25) is 9.89 Å². The molecule has 0 spiro atoms. The topological polar surface area (TPSA) is 66.4 Å². The van der Waals surface area contributed by atoms with Crippen molar-refractivity contribution in [2.45, 2.75) is 72.1 Å². The molecule has 1 aromatic rings. The number of ether oxygens (including phenoxy) is 2. The van der Waals surface area contributed by atoms with Gasteiger partial charge in [0, 0.05) is 45.2 Å². The minimum atomic E-state index is -0.505. The van der Waals surface area contributed by atoms with Crippen LogP contribution in [-0.4, -0.2) is 61.9 Å². The average Bonchev–Trinajstić information content (AvgIpc) is 3.44. The number of hydrogen-bond donors (Lipinski definition) is 1. The number of rotatable bonds is 7. The van der Waals surface area contributed by atoms with E-state index in [1.54, 1.807) is 0 Å². The Morgan fingerprint density at radius 1 is 1.28 bits per heavy atom. The van der Waals surface area contributed by atoms with Crippen molar-refractivity contribution in [3.63, 3.8) is 0 Å². The molecule has 1 aliphatic carbocycles. The van der Waals surface area contributed by atoms with Crippen molar-refractivity contribution in [1.82, 2.24) is 10.2 Å². The van der Waals surface area contributed by atoms with Crippen molar-refractivity contribution in [3.8, 4) is 0 Å². The molecular formula is C25H40N4O3. The standard InChI is InChI=1S/C25H40N4O3/c1-7-31-17-20-12-13-28(16-20)23(26-6)27-15-19-8-11-22(18(2)14-19)29(21-9-10-21)24(30)32-25(3,4)5/h8,11,14,20-21H,7,9-10,12-13,15-17H2,1-6H3,(H,26,27). The van der Waals surface area contributed by atoms with E-state index in [0.717, 1.165) is 68.3 Å². The van der Waals surface area contributed by atoms with Gasteiger partial charge in [-0.15, -0.1) is 0 Å². The number of likely N-dealkylation sites (tertiary alicyclic amines) is 1. The number of amides is 1. The molecule has 7 nitrogen and oxygen atoms in total. The van der Waals surface area contributed by atoms with Crippen LogP contribution < -0.4 is 10.2 Å². The van der Waals surface area contributed by atoms with Gasteiger partial charge in [-0.2, -0.15) is 0 Å². The van der Waals surface area contributed by atoms with Gasteiger partial charge in [0.1, 0.15) is 5.60 Å². The molecule has 0 aromatic heterocycles. The molecule has 2 fully saturated rings. The van der Waals surface area contributed by atoms with Crippen LogP contribution in [0.5, 0.6) is 0 Å². The fourth-order valence-corrected chi connectivity index (χ4v) is 4.14. The highest BCUT2D eigenvalue weighted by Crippen LogP contribution is 2.35. The number of aryl methyl sites for hydroxylation is 1. The van der Waals surface area contributed by atoms with Crippen LogP contribution in [0.1, 0.15) is 58.1 Å². The van der Waals surface area contributed by atoms with Gasteiger partial charge in [0.15, 0.2) is 5.96 Å². The predicted molar refractivity (Wildman–Crippen MR) is 129 cm³/mol. The molecule has 1 N–H and O–H groups in total. The minimum absolute atomic E-state index is 0.242. The maximum Gasteiger partial charge on any atom is 0.415 e. The van der Waals surface area contributed by atoms with Crippen molar-refractivity contribution >= 4 is 17.7 Å². The smallest absolute Gasteiger partial charge is 0.415 e. The molecule has 1 saturated heterocycles. The molecule has 7 heteroatoms. The first-order valence-corrected chi connectivity index (χ1v) is 11.9. The predicted octanol–water partition coefficient (Wildman–Crippen LogP) is 4.33. The second kappa shape index (κ2) is 10.6. The number of nitrogens with one attached hydrogen (secondary N) is 1. The zero-order valence-corrected chi connectivity index (χ0v) is 20.6. The maximum absolute atomic E-state index is 12.8. The lowest BCUT2D eigenvalue weighted by Crippen LogP contribution is -2.40. The van der Waals surface area contributed by atoms with Crippen LogP contribution in [0.3, 0.4) is 0 Å². The van der Waals surface area contributed by atoms with E-state index in [1.807, 2.05) is 45.7 Å². The quantitative estimate of drug-likeness (QED) is 0.501. The number of guanidine groups is 1. The van der Waals surface area contributed by atoms with Crippen molar-refractivity contribution in [3.05, 3.63) is 29.3 Å². The highest BCUT2D eigenvalue weighted by Gasteiger charge is 2.37. The first-order valence-electron chi connectivity index (χ1n) is 11.9. The number of benzene rings is 1. The summed E-state index contributed by atoms with van der Waals surface area (Å²) in [6.45, 7) is 14.1. The van der Waals surface area contributed by atoms with Gasteiger partial charge in [-0.25, -0.2) is 4.79 Å².